The first-order valence-electron chi connectivity index (χ1n) is 31.6. The van der Waals surface area contributed by atoms with E-state index >= 15 is 0 Å². The topological polar surface area (TPSA) is 315 Å². The first-order valence-corrected chi connectivity index (χ1v) is 31.6. The van der Waals surface area contributed by atoms with Crippen LogP contribution < -0.4 is 41.8 Å². The van der Waals surface area contributed by atoms with Gasteiger partial charge in [0.1, 0.15) is 63.2 Å². The Hall–Kier alpha value is -9.96. The number of carbonyl (C=O) groups is 2. The van der Waals surface area contributed by atoms with Crippen LogP contribution in [0.5, 0.6) is 34.5 Å². The van der Waals surface area contributed by atoms with Gasteiger partial charge in [-0.2, -0.15) is 0 Å². The number of aromatic hydroxyl groups is 4. The molecule has 0 saturated heterocycles. The quantitative estimate of drug-likeness (QED) is 0.0282. The van der Waals surface area contributed by atoms with Gasteiger partial charge in [0.2, 0.25) is 0 Å². The Bertz CT molecular complexity index is 4000. The van der Waals surface area contributed by atoms with E-state index in [0.717, 1.165) is 46.5 Å². The molecule has 3 aromatic heterocycles. The monoisotopic (exact) mass is 1280 g/mol. The predicted octanol–water partition coefficient (Wildman–Crippen LogP) is 14.2. The van der Waals surface area contributed by atoms with Crippen molar-refractivity contribution < 1.29 is 49.0 Å². The number of nitrogens with zero attached hydrogens (tertiary/aromatic N) is 6. The zero-order chi connectivity index (χ0) is 68.4. The number of anilines is 3. The third-order valence-electron chi connectivity index (χ3n) is 14.2. The third-order valence-corrected chi connectivity index (χ3v) is 14.2. The van der Waals surface area contributed by atoms with Crippen LogP contribution in [0.1, 0.15) is 102 Å². The molecule has 0 unspecified atom stereocenters. The first-order chi connectivity index (χ1) is 44.5. The minimum absolute atomic E-state index is 0.00706. The summed E-state index contributed by atoms with van der Waals surface area (Å²) in [6.07, 6.45) is 1.52. The largest absolute Gasteiger partial charge is 0.508 e. The third kappa shape index (κ3) is 21.3. The molecule has 3 heterocycles. The summed E-state index contributed by atoms with van der Waals surface area (Å²) in [5.74, 6) is 5.61. The van der Waals surface area contributed by atoms with E-state index in [9.17, 15) is 30.0 Å². The lowest BCUT2D eigenvalue weighted by Crippen LogP contribution is -2.43. The van der Waals surface area contributed by atoms with Crippen molar-refractivity contribution in [3.05, 3.63) is 127 Å². The van der Waals surface area contributed by atoms with Gasteiger partial charge < -0.3 is 71.7 Å². The Labute approximate surface area is 550 Å². The molecule has 22 nitrogen and oxygen atoms in total. The van der Waals surface area contributed by atoms with E-state index in [4.69, 9.17) is 29.7 Å². The van der Waals surface area contributed by atoms with Gasteiger partial charge in [-0.25, -0.2) is 39.5 Å². The molecule has 0 spiro atoms. The fourth-order valence-corrected chi connectivity index (χ4v) is 10.2. The Morgan fingerprint density at radius 1 is 0.447 bits per heavy atom. The van der Waals surface area contributed by atoms with Gasteiger partial charge in [-0.3, -0.25) is 0 Å². The van der Waals surface area contributed by atoms with Crippen molar-refractivity contribution in [2.45, 2.75) is 132 Å². The molecular weight excluding hydrogens is 1190 g/mol. The molecule has 2 amide bonds. The minimum atomic E-state index is -0.582. The summed E-state index contributed by atoms with van der Waals surface area (Å²) >= 11 is 0. The van der Waals surface area contributed by atoms with Crippen LogP contribution in [-0.4, -0.2) is 126 Å². The van der Waals surface area contributed by atoms with Gasteiger partial charge in [-0.05, 0) is 170 Å². The van der Waals surface area contributed by atoms with Crippen LogP contribution in [0.4, 0.5) is 27.0 Å². The van der Waals surface area contributed by atoms with Gasteiger partial charge in [-0.15, -0.1) is 0 Å². The molecule has 3 atom stereocenters. The molecule has 0 radical (unpaired) electrons. The Morgan fingerprint density at radius 3 is 1.12 bits per heavy atom. The van der Waals surface area contributed by atoms with Crippen LogP contribution >= 0.6 is 0 Å². The summed E-state index contributed by atoms with van der Waals surface area (Å²) in [5, 5.41) is 59.5. The maximum absolute atomic E-state index is 12.4. The molecule has 22 heteroatoms. The fraction of sp³-hybridized carbons (Fsp3) is 0.389. The highest BCUT2D eigenvalue weighted by molar-refractivity contribution is 5.93. The molecule has 6 aromatic carbocycles. The van der Waals surface area contributed by atoms with Crippen LogP contribution in [-0.2, 0) is 9.47 Å². The number of rotatable bonds is 22. The van der Waals surface area contributed by atoms with Crippen molar-refractivity contribution in [2.75, 3.05) is 49.8 Å². The number of amides is 2. The number of carbonyl (C=O) groups excluding carboxylic acids is 2. The van der Waals surface area contributed by atoms with E-state index in [1.165, 1.54) is 18.2 Å². The minimum Gasteiger partial charge on any atom is -0.508 e. The highest BCUT2D eigenvalue weighted by Gasteiger charge is 2.24. The zero-order valence-electron chi connectivity index (χ0n) is 56.3. The van der Waals surface area contributed by atoms with Gasteiger partial charge in [-0.1, -0.05) is 77.9 Å². The summed E-state index contributed by atoms with van der Waals surface area (Å²) in [6.45, 7) is 25.2. The predicted molar refractivity (Wildman–Crippen MR) is 373 cm³/mol. The summed E-state index contributed by atoms with van der Waals surface area (Å²) in [7, 11) is 3.15. The standard InChI is InChI=1S/C26H34N4O4.C25H32N4O4.C21H26N4O2/c1-16(2)13-17(28-25(32)34-26(3,4)5)15-27-23-19-9-7-8-10-21(19)29-24(30-23)20-14-18(33-6)11-12-22(20)31;1-15(2)12-16(27-24(32)33-25(3,4)5)14-26-22-18-8-6-7-9-20(18)28-23(29-22)19-13-17(30)10-11-21(19)31;1-13(2)10-14(22)12-23-20-16-6-4-5-7-18(16)24-21(25-20)17-11-15(27-3)8-9-19(17)26/h7-12,14,16-17,31H,13,15H2,1-6H3,(H,28,32)(H,27,29,30);6-11,13,15-16,30-31H,12,14H2,1-5H3,(H,27,32)(H,26,28,29);4-9,11,13-14,26H,10,12,22H2,1-3H3,(H,23,24,25)/t17-;16-;14-/m001/s1. The second-order valence-corrected chi connectivity index (χ2v) is 26.2. The van der Waals surface area contributed by atoms with E-state index in [-0.39, 0.29) is 46.9 Å². The molecule has 500 valence electrons. The number of hydrogen-bond acceptors (Lipinski definition) is 20. The maximum atomic E-state index is 12.4. The molecule has 0 saturated carbocycles. The number of aromatic nitrogens is 6. The van der Waals surface area contributed by atoms with E-state index < -0.39 is 23.4 Å². The molecule has 9 aromatic rings. The van der Waals surface area contributed by atoms with E-state index in [0.29, 0.717) is 100 Å². The van der Waals surface area contributed by atoms with Gasteiger partial charge in [0, 0.05) is 53.9 Å². The van der Waals surface area contributed by atoms with Gasteiger partial charge >= 0.3 is 12.2 Å². The molecule has 11 N–H and O–H groups in total. The van der Waals surface area contributed by atoms with Gasteiger partial charge in [0.15, 0.2) is 17.5 Å². The number of phenolic OH excluding ortho intramolecular Hbond substituents is 4. The van der Waals surface area contributed by atoms with E-state index in [1.807, 2.05) is 114 Å². The summed E-state index contributed by atoms with van der Waals surface area (Å²) < 4.78 is 21.4. The zero-order valence-corrected chi connectivity index (χ0v) is 56.3. The van der Waals surface area contributed by atoms with Gasteiger partial charge in [0.05, 0.1) is 47.5 Å². The molecular formula is C72H92N12O10. The molecule has 0 aliphatic carbocycles. The summed E-state index contributed by atoms with van der Waals surface area (Å²) in [4.78, 5) is 52.6. The number of alkyl carbamates (subject to hydrolysis) is 2. The summed E-state index contributed by atoms with van der Waals surface area (Å²) in [5.41, 5.74) is 8.60. The van der Waals surface area contributed by atoms with Crippen molar-refractivity contribution >= 4 is 62.3 Å². The number of benzene rings is 6. The Morgan fingerprint density at radius 2 is 0.777 bits per heavy atom. The van der Waals surface area contributed by atoms with Crippen molar-refractivity contribution in [1.82, 2.24) is 40.5 Å². The van der Waals surface area contributed by atoms with Crippen LogP contribution in [0.2, 0.25) is 0 Å². The SMILES string of the molecule is CC(C)C[C@@H](CNc1nc(-c2cc(O)ccc2O)nc2ccccc12)NC(=O)OC(C)(C)C.COc1ccc(O)c(-c2nc(NC[C@H](CC(C)C)NC(=O)OC(C)(C)C)c3ccccc3n2)c1.COc1ccc(O)c(-c2nc(NC[C@H](N)CC(C)C)c3ccccc3n2)c1. The second kappa shape index (κ2) is 32.5. The number of methoxy groups -OCH3 is 2. The second-order valence-electron chi connectivity index (χ2n) is 26.2. The number of ether oxygens (including phenoxy) is 4. The lowest BCUT2D eigenvalue weighted by Gasteiger charge is -2.25. The van der Waals surface area contributed by atoms with Crippen LogP contribution in [0.3, 0.4) is 0 Å². The average molecular weight is 1290 g/mol. The lowest BCUT2D eigenvalue weighted by atomic mass is 10.0. The van der Waals surface area contributed by atoms with E-state index in [1.54, 1.807) is 50.6 Å². The highest BCUT2D eigenvalue weighted by Crippen LogP contribution is 2.36. The Balaban J connectivity index is 0.000000201. The maximum Gasteiger partial charge on any atom is 0.407 e. The molecule has 9 rings (SSSR count). The van der Waals surface area contributed by atoms with Crippen LogP contribution in [0, 0.1) is 17.8 Å². The lowest BCUT2D eigenvalue weighted by molar-refractivity contribution is 0.0489. The highest BCUT2D eigenvalue weighted by atomic mass is 16.6. The van der Waals surface area contributed by atoms with Crippen LogP contribution in [0.25, 0.3) is 66.9 Å². The smallest absolute Gasteiger partial charge is 0.407 e. The molecule has 94 heavy (non-hydrogen) atoms. The molecule has 0 bridgehead atoms. The number of nitrogens with one attached hydrogen (secondary N) is 5. The molecule has 0 fully saturated rings. The van der Waals surface area contributed by atoms with Gasteiger partial charge in [0.25, 0.3) is 0 Å². The number of nitrogens with two attached hydrogens (primary N) is 1. The van der Waals surface area contributed by atoms with Crippen molar-refractivity contribution in [3.8, 4) is 68.7 Å². The van der Waals surface area contributed by atoms with Crippen LogP contribution in [0.15, 0.2) is 127 Å². The van der Waals surface area contributed by atoms with E-state index in [2.05, 4.69) is 93.0 Å². The number of para-hydroxylation sites is 3. The molecule has 0 aliphatic rings. The number of hydrogen-bond donors (Lipinski definition) is 10. The Kier molecular flexibility index (Phi) is 24.8. The van der Waals surface area contributed by atoms with Crippen molar-refractivity contribution in [3.63, 3.8) is 0 Å². The molecule has 0 aliphatic heterocycles. The number of fused-ring (bicyclic) bond motifs is 3. The number of phenols is 4. The summed E-state index contributed by atoms with van der Waals surface area (Å²) in [6, 6.07) is 36.8. The fourth-order valence-electron chi connectivity index (χ4n) is 10.2. The van der Waals surface area contributed by atoms with Crippen molar-refractivity contribution in [1.29, 1.82) is 0 Å². The normalized spacial score (nSPS) is 12.4. The average Bonchev–Trinajstić information content (AvgIpc) is 0.806. The first kappa shape index (κ1) is 71.5. The van der Waals surface area contributed by atoms with Crippen molar-refractivity contribution in [2.24, 2.45) is 23.5 Å².